The van der Waals surface area contributed by atoms with Gasteiger partial charge in [-0.2, -0.15) is 0 Å². The molecule has 386 valence electrons. The number of carbonyl (C=O) groups excluding carboxylic acids is 1. The van der Waals surface area contributed by atoms with E-state index in [9.17, 15) is 0 Å². The maximum absolute atomic E-state index is 8.00. The van der Waals surface area contributed by atoms with Crippen LogP contribution in [0.1, 0.15) is 106 Å². The van der Waals surface area contributed by atoms with Gasteiger partial charge in [-0.1, -0.05) is 312 Å². The number of nitrogens with zero attached hydrogens (tertiary/aromatic N) is 1. The van der Waals surface area contributed by atoms with Gasteiger partial charge < -0.3 is 32.1 Å². The molecular weight excluding hydrogens is 847 g/mol. The lowest BCUT2D eigenvalue weighted by Gasteiger charge is -2.08. The second-order valence-electron chi connectivity index (χ2n) is 10.7. The third-order valence-electron chi connectivity index (χ3n) is 6.52. The fourth-order valence-electron chi connectivity index (χ4n) is 3.59. The average molecular weight is 949 g/mol. The van der Waals surface area contributed by atoms with Gasteiger partial charge in [0.25, 0.3) is 0 Å². The minimum absolute atomic E-state index is 0.159. The van der Waals surface area contributed by atoms with Crippen LogP contribution in [0.3, 0.4) is 0 Å². The third kappa shape index (κ3) is 85.4. The lowest BCUT2D eigenvalue weighted by atomic mass is 10.1. The van der Waals surface area contributed by atoms with Crippen LogP contribution in [0.4, 0.5) is 0 Å². The molecule has 0 radical (unpaired) electrons. The van der Waals surface area contributed by atoms with Gasteiger partial charge in [0.2, 0.25) is 0 Å². The van der Waals surface area contributed by atoms with Crippen LogP contribution in [0.5, 0.6) is 0 Å². The van der Waals surface area contributed by atoms with E-state index >= 15 is 0 Å². The summed E-state index contributed by atoms with van der Waals surface area (Å²) in [7, 11) is 6.42. The van der Waals surface area contributed by atoms with Gasteiger partial charge in [0.15, 0.2) is 0 Å². The Morgan fingerprint density at radius 3 is 0.609 bits per heavy atom. The maximum atomic E-state index is 8.00. The number of benzene rings is 7. The third-order valence-corrected chi connectivity index (χ3v) is 6.52. The Balaban J connectivity index is -0.0000000824. The molecule has 7 rings (SSSR count). The fourth-order valence-corrected chi connectivity index (χ4v) is 3.59. The zero-order valence-corrected chi connectivity index (χ0v) is 46.2. The molecule has 0 saturated carbocycles. The van der Waals surface area contributed by atoms with Gasteiger partial charge in [0, 0.05) is 18.8 Å². The van der Waals surface area contributed by atoms with Crippen molar-refractivity contribution in [3.8, 4) is 0 Å². The molecule has 0 fully saturated rings. The van der Waals surface area contributed by atoms with Crippen LogP contribution >= 0.6 is 0 Å². The van der Waals surface area contributed by atoms with Crippen molar-refractivity contribution in [2.45, 2.75) is 95.2 Å². The summed E-state index contributed by atoms with van der Waals surface area (Å²) in [4.78, 5) is 12.1. The number of oxime groups is 1. The molecule has 0 aliphatic carbocycles. The molecule has 0 aromatic heterocycles. The summed E-state index contributed by atoms with van der Waals surface area (Å²) in [5.74, 6) is 0. The van der Waals surface area contributed by atoms with E-state index in [0.29, 0.717) is 6.04 Å². The summed E-state index contributed by atoms with van der Waals surface area (Å²) in [5.41, 5.74) is 17.1. The second-order valence-corrected chi connectivity index (χ2v) is 10.7. The number of hydrogen-bond donors (Lipinski definition) is 4. The standard InChI is InChI=1S/C9H13N.C8H11N.5C6H6.C2H5NO.5C2H6.2CH5N.CH2O/c1-8(10-2)9-6-4-3-5-7-9;1-7(9)8-5-3-2-4-6-8;5*1-2-4-6-5-3-1;1-3-4-2;8*1-2/h3-8,10H,1-2H3;2-7H,9H2,1H3;5*1-6H;1H2,2H3;5*1-2H3;2*2H2,1H3;1H2/t8-;7-;;;;;;;;;;;;;;/m11............../s1. The van der Waals surface area contributed by atoms with E-state index in [2.05, 4.69) is 64.7 Å². The topological polar surface area (TPSA) is 129 Å². The minimum atomic E-state index is 0.159. The molecule has 0 aliphatic rings. The Kier molecular flexibility index (Phi) is 115. The highest BCUT2D eigenvalue weighted by Gasteiger charge is 1.98. The molecule has 0 amide bonds. The van der Waals surface area contributed by atoms with Gasteiger partial charge in [-0.15, -0.1) is 5.16 Å². The Hall–Kier alpha value is -6.48. The smallest absolute Gasteiger partial charge is 0.106 e. The molecule has 69 heavy (non-hydrogen) atoms. The van der Waals surface area contributed by atoms with Crippen molar-refractivity contribution in [2.24, 2.45) is 22.4 Å². The lowest BCUT2D eigenvalue weighted by molar-refractivity contribution is -0.0980. The van der Waals surface area contributed by atoms with E-state index in [1.165, 1.54) is 32.3 Å². The zero-order chi connectivity index (χ0) is 54.7. The number of nitrogens with one attached hydrogen (secondary N) is 1. The second kappa shape index (κ2) is 95.7. The van der Waals surface area contributed by atoms with Crippen LogP contribution in [-0.2, 0) is 9.63 Å². The average Bonchev–Trinajstić information content (AvgIpc) is 3.50. The molecule has 0 heterocycles. The Labute approximate surface area is 426 Å². The molecule has 7 aromatic rings. The van der Waals surface area contributed by atoms with E-state index in [0.717, 1.165) is 0 Å². The largest absolute Gasteiger partial charge is 0.400 e. The molecule has 0 aliphatic heterocycles. The van der Waals surface area contributed by atoms with E-state index in [1.54, 1.807) is 0 Å². The molecule has 2 atom stereocenters. The van der Waals surface area contributed by atoms with Crippen molar-refractivity contribution < 1.29 is 9.63 Å². The van der Waals surface area contributed by atoms with Gasteiger partial charge in [0.05, 0.1) is 0 Å². The summed E-state index contributed by atoms with van der Waals surface area (Å²) in [6, 6.07) is 81.1. The van der Waals surface area contributed by atoms with E-state index < -0.39 is 0 Å². The van der Waals surface area contributed by atoms with Gasteiger partial charge in [0.1, 0.15) is 13.9 Å². The first-order chi connectivity index (χ1) is 34.1. The summed E-state index contributed by atoms with van der Waals surface area (Å²) in [5, 5.41) is 6.17. The monoisotopic (exact) mass is 948 g/mol. The molecule has 7 aromatic carbocycles. The highest BCUT2D eigenvalue weighted by Crippen LogP contribution is 2.09. The Morgan fingerprint density at radius 1 is 0.377 bits per heavy atom. The van der Waals surface area contributed by atoms with Gasteiger partial charge in [-0.3, -0.25) is 0 Å². The van der Waals surface area contributed by atoms with E-state index in [-0.39, 0.29) is 6.04 Å². The molecule has 0 saturated heterocycles. The highest BCUT2D eigenvalue weighted by molar-refractivity contribution is 5.21. The zero-order valence-electron chi connectivity index (χ0n) is 46.2. The predicted molar refractivity (Wildman–Crippen MR) is 316 cm³/mol. The minimum Gasteiger partial charge on any atom is -0.400 e. The van der Waals surface area contributed by atoms with E-state index in [1.807, 2.05) is 308 Å². The summed E-state index contributed by atoms with van der Waals surface area (Å²) in [6.07, 6.45) is 0. The first-order valence-electron chi connectivity index (χ1n) is 24.0. The van der Waals surface area contributed by atoms with Gasteiger partial charge in [-0.25, -0.2) is 0 Å². The van der Waals surface area contributed by atoms with Crippen molar-refractivity contribution in [3.05, 3.63) is 254 Å². The molecule has 0 spiro atoms. The van der Waals surface area contributed by atoms with Crippen molar-refractivity contribution in [1.82, 2.24) is 5.32 Å². The summed E-state index contributed by atoms with van der Waals surface area (Å²) in [6.45, 7) is 29.1. The number of hydrogen-bond acceptors (Lipinski definition) is 7. The normalized spacial score (nSPS) is 8.04. The SMILES string of the molecule is C=NOC.C=O.CC.CC.CC.CC.CC.CN.CN.CN[C@H](C)c1ccccc1.C[C@@H](N)c1ccccc1.c1ccccc1.c1ccccc1.c1ccccc1.c1ccccc1.c1ccccc1. The molecular formula is C62H101N5O2. The number of rotatable bonds is 4. The summed E-state index contributed by atoms with van der Waals surface area (Å²) < 4.78 is 0. The number of nitrogens with two attached hydrogens (primary N) is 3. The molecule has 0 bridgehead atoms. The number of carbonyl (C=O) groups is 1. The van der Waals surface area contributed by atoms with Crippen LogP contribution in [0.2, 0.25) is 0 Å². The fraction of sp³-hybridized carbons (Fsp3) is 0.290. The van der Waals surface area contributed by atoms with Gasteiger partial charge in [-0.05, 0) is 46.1 Å². The first kappa shape index (κ1) is 82.6. The quantitative estimate of drug-likeness (QED) is 0.103. The Bertz CT molecular complexity index is 1320. The van der Waals surface area contributed by atoms with Crippen LogP contribution in [0.25, 0.3) is 0 Å². The highest BCUT2D eigenvalue weighted by atomic mass is 16.6. The van der Waals surface area contributed by atoms with Crippen LogP contribution < -0.4 is 22.5 Å². The first-order valence-corrected chi connectivity index (χ1v) is 24.0. The molecule has 0 unspecified atom stereocenters. The molecule has 7 heteroatoms. The van der Waals surface area contributed by atoms with Gasteiger partial charge >= 0.3 is 0 Å². The molecule has 7 nitrogen and oxygen atoms in total. The molecule has 7 N–H and O–H groups in total. The van der Waals surface area contributed by atoms with Crippen LogP contribution in [0.15, 0.2) is 248 Å². The Morgan fingerprint density at radius 2 is 0.507 bits per heavy atom. The van der Waals surface area contributed by atoms with Crippen LogP contribution in [-0.4, -0.2) is 41.8 Å². The summed E-state index contributed by atoms with van der Waals surface area (Å²) >= 11 is 0. The lowest BCUT2D eigenvalue weighted by Crippen LogP contribution is -2.11. The van der Waals surface area contributed by atoms with Crippen molar-refractivity contribution in [3.63, 3.8) is 0 Å². The predicted octanol–water partition coefficient (Wildman–Crippen LogP) is 16.5. The van der Waals surface area contributed by atoms with Crippen molar-refractivity contribution in [1.29, 1.82) is 0 Å². The van der Waals surface area contributed by atoms with E-state index in [4.69, 9.17) is 10.5 Å². The van der Waals surface area contributed by atoms with Crippen LogP contribution in [0, 0.1) is 0 Å². The maximum Gasteiger partial charge on any atom is 0.106 e. The van der Waals surface area contributed by atoms with Crippen molar-refractivity contribution >= 4 is 13.5 Å². The van der Waals surface area contributed by atoms with Crippen molar-refractivity contribution in [2.75, 3.05) is 28.3 Å².